The minimum Gasteiger partial charge on any atom is -0.340 e. The summed E-state index contributed by atoms with van der Waals surface area (Å²) in [4.78, 5) is 10.1. The van der Waals surface area contributed by atoms with Crippen molar-refractivity contribution in [1.29, 1.82) is 0 Å². The number of para-hydroxylation sites is 1. The molecule has 2 aromatic carbocycles. The van der Waals surface area contributed by atoms with E-state index in [0.717, 1.165) is 11.6 Å². The second-order valence-corrected chi connectivity index (χ2v) is 8.71. The summed E-state index contributed by atoms with van der Waals surface area (Å²) in [7, 11) is 2.21. The van der Waals surface area contributed by atoms with Gasteiger partial charge in [-0.25, -0.2) is 0 Å². The van der Waals surface area contributed by atoms with Crippen molar-refractivity contribution in [2.24, 2.45) is 0 Å². The van der Waals surface area contributed by atoms with E-state index in [1.54, 1.807) is 0 Å². The number of anilines is 2. The first-order valence-corrected chi connectivity index (χ1v) is 10.6. The van der Waals surface area contributed by atoms with Crippen LogP contribution in [0.4, 0.5) is 11.4 Å². The van der Waals surface area contributed by atoms with E-state index in [9.17, 15) is 0 Å². The minimum absolute atomic E-state index is 0.811. The lowest BCUT2D eigenvalue weighted by atomic mass is 10.2. The lowest BCUT2D eigenvalue weighted by Gasteiger charge is -2.34. The topological polar surface area (TPSA) is 9.72 Å². The number of nitrogens with zero attached hydrogens (tertiary/aromatic N) is 3. The molecule has 0 N–H and O–H groups in total. The van der Waals surface area contributed by atoms with Crippen molar-refractivity contribution in [3.8, 4) is 0 Å². The number of fused-ring (bicyclic) bond motifs is 2. The number of piperazine rings is 1. The molecular weight excluding hydrogens is 362 g/mol. The minimum atomic E-state index is 0.811. The Morgan fingerprint density at radius 2 is 1.62 bits per heavy atom. The molecule has 1 saturated heterocycles. The van der Waals surface area contributed by atoms with Crippen molar-refractivity contribution >= 4 is 34.7 Å². The van der Waals surface area contributed by atoms with Crippen LogP contribution in [0.5, 0.6) is 0 Å². The normalized spacial score (nSPS) is 17.8. The Kier molecular flexibility index (Phi) is 5.75. The number of unbranched alkanes of at least 4 members (excludes halogenated alkanes) is 1. The van der Waals surface area contributed by atoms with Gasteiger partial charge in [0, 0.05) is 47.5 Å². The first-order chi connectivity index (χ1) is 12.7. The van der Waals surface area contributed by atoms with E-state index in [1.165, 1.54) is 66.7 Å². The Hall–Kier alpha value is -1.20. The molecule has 0 saturated carbocycles. The summed E-state index contributed by atoms with van der Waals surface area (Å²) < 4.78 is 0. The molecule has 0 amide bonds. The summed E-state index contributed by atoms with van der Waals surface area (Å²) >= 11 is 8.14. The molecule has 2 heterocycles. The van der Waals surface area contributed by atoms with Crippen molar-refractivity contribution in [2.75, 3.05) is 51.2 Å². The van der Waals surface area contributed by atoms with E-state index in [0.29, 0.717) is 0 Å². The van der Waals surface area contributed by atoms with E-state index in [-0.39, 0.29) is 0 Å². The number of halogens is 1. The lowest BCUT2D eigenvalue weighted by molar-refractivity contribution is 0.152. The van der Waals surface area contributed by atoms with Gasteiger partial charge >= 0.3 is 0 Å². The van der Waals surface area contributed by atoms with Gasteiger partial charge < -0.3 is 14.7 Å². The van der Waals surface area contributed by atoms with E-state index < -0.39 is 0 Å². The van der Waals surface area contributed by atoms with Crippen LogP contribution in [0, 0.1) is 0 Å². The number of benzene rings is 2. The van der Waals surface area contributed by atoms with Gasteiger partial charge in [0.25, 0.3) is 0 Å². The van der Waals surface area contributed by atoms with Gasteiger partial charge in [0.05, 0.1) is 11.4 Å². The van der Waals surface area contributed by atoms with Crippen LogP contribution < -0.4 is 4.90 Å². The molecule has 1 fully saturated rings. The second kappa shape index (κ2) is 8.22. The summed E-state index contributed by atoms with van der Waals surface area (Å²) in [6.07, 6.45) is 2.43. The highest BCUT2D eigenvalue weighted by atomic mass is 35.5. The standard InChI is InChI=1S/C21H26ClN3S/c1-23-12-14-24(15-13-23)10-4-5-11-25-18-6-2-3-7-20(18)26-21-9-8-17(22)16-19(21)25/h2-3,6-9,16H,4-5,10-15H2,1H3. The third-order valence-corrected chi connectivity index (χ3v) is 6.66. The van der Waals surface area contributed by atoms with E-state index in [2.05, 4.69) is 58.1 Å². The number of hydrogen-bond donors (Lipinski definition) is 0. The molecule has 0 aliphatic carbocycles. The summed E-state index contributed by atoms with van der Waals surface area (Å²) in [6.45, 7) is 7.06. The molecule has 2 aliphatic rings. The highest BCUT2D eigenvalue weighted by Gasteiger charge is 2.23. The molecule has 26 heavy (non-hydrogen) atoms. The van der Waals surface area contributed by atoms with Crippen LogP contribution in [0.15, 0.2) is 52.3 Å². The Labute approximate surface area is 165 Å². The Morgan fingerprint density at radius 3 is 2.46 bits per heavy atom. The highest BCUT2D eigenvalue weighted by Crippen LogP contribution is 2.48. The average Bonchev–Trinajstić information content (AvgIpc) is 2.66. The largest absolute Gasteiger partial charge is 0.340 e. The van der Waals surface area contributed by atoms with Crippen LogP contribution in [0.3, 0.4) is 0 Å². The number of rotatable bonds is 5. The quantitative estimate of drug-likeness (QED) is 0.669. The molecule has 0 atom stereocenters. The smallest absolute Gasteiger partial charge is 0.0567 e. The maximum Gasteiger partial charge on any atom is 0.0567 e. The van der Waals surface area contributed by atoms with Crippen LogP contribution in [-0.4, -0.2) is 56.1 Å². The highest BCUT2D eigenvalue weighted by molar-refractivity contribution is 7.99. The number of likely N-dealkylation sites (N-methyl/N-ethyl adjacent to an activating group) is 1. The fourth-order valence-electron chi connectivity index (χ4n) is 3.72. The van der Waals surface area contributed by atoms with Gasteiger partial charge in [0.1, 0.15) is 0 Å². The molecular formula is C21H26ClN3S. The van der Waals surface area contributed by atoms with E-state index in [4.69, 9.17) is 11.6 Å². The van der Waals surface area contributed by atoms with Crippen LogP contribution in [0.1, 0.15) is 12.8 Å². The maximum absolute atomic E-state index is 6.30. The monoisotopic (exact) mass is 387 g/mol. The average molecular weight is 388 g/mol. The molecule has 0 bridgehead atoms. The van der Waals surface area contributed by atoms with Crippen molar-refractivity contribution < 1.29 is 0 Å². The Bertz CT molecular complexity index is 759. The molecule has 0 aromatic heterocycles. The van der Waals surface area contributed by atoms with Crippen molar-refractivity contribution in [1.82, 2.24) is 9.80 Å². The Morgan fingerprint density at radius 1 is 0.885 bits per heavy atom. The van der Waals surface area contributed by atoms with Gasteiger partial charge in [-0.3, -0.25) is 0 Å². The molecule has 5 heteroatoms. The van der Waals surface area contributed by atoms with Crippen LogP contribution in [0.2, 0.25) is 5.02 Å². The third kappa shape index (κ3) is 4.04. The molecule has 0 radical (unpaired) electrons. The van der Waals surface area contributed by atoms with Crippen LogP contribution >= 0.6 is 23.4 Å². The van der Waals surface area contributed by atoms with Gasteiger partial charge in [0.2, 0.25) is 0 Å². The number of hydrogen-bond acceptors (Lipinski definition) is 4. The lowest BCUT2D eigenvalue weighted by Crippen LogP contribution is -2.44. The zero-order chi connectivity index (χ0) is 17.9. The zero-order valence-corrected chi connectivity index (χ0v) is 16.9. The molecule has 0 unspecified atom stereocenters. The van der Waals surface area contributed by atoms with E-state index in [1.807, 2.05) is 17.8 Å². The Balaban J connectivity index is 1.42. The molecule has 3 nitrogen and oxygen atoms in total. The van der Waals surface area contributed by atoms with Gasteiger partial charge in [-0.15, -0.1) is 0 Å². The molecule has 4 rings (SSSR count). The van der Waals surface area contributed by atoms with Crippen LogP contribution in [-0.2, 0) is 0 Å². The molecule has 138 valence electrons. The first-order valence-electron chi connectivity index (χ1n) is 9.45. The second-order valence-electron chi connectivity index (χ2n) is 7.19. The third-order valence-electron chi connectivity index (χ3n) is 5.29. The van der Waals surface area contributed by atoms with Crippen molar-refractivity contribution in [3.05, 3.63) is 47.5 Å². The first kappa shape index (κ1) is 18.2. The maximum atomic E-state index is 6.30. The van der Waals surface area contributed by atoms with Gasteiger partial charge in [-0.2, -0.15) is 0 Å². The summed E-state index contributed by atoms with van der Waals surface area (Å²) in [6, 6.07) is 15.0. The zero-order valence-electron chi connectivity index (χ0n) is 15.3. The van der Waals surface area contributed by atoms with Crippen molar-refractivity contribution in [3.63, 3.8) is 0 Å². The molecule has 2 aromatic rings. The SMILES string of the molecule is CN1CCN(CCCCN2c3ccccc3Sc3ccc(Cl)cc32)CC1. The summed E-state index contributed by atoms with van der Waals surface area (Å²) in [5.74, 6) is 0. The fraction of sp³-hybridized carbons (Fsp3) is 0.429. The summed E-state index contributed by atoms with van der Waals surface area (Å²) in [5, 5.41) is 0.811. The van der Waals surface area contributed by atoms with Gasteiger partial charge in [-0.1, -0.05) is 35.5 Å². The predicted molar refractivity (Wildman–Crippen MR) is 112 cm³/mol. The van der Waals surface area contributed by atoms with Crippen LogP contribution in [0.25, 0.3) is 0 Å². The predicted octanol–water partition coefficient (Wildman–Crippen LogP) is 4.97. The van der Waals surface area contributed by atoms with Gasteiger partial charge in [0.15, 0.2) is 0 Å². The molecule has 2 aliphatic heterocycles. The fourth-order valence-corrected chi connectivity index (χ4v) is 4.96. The molecule has 0 spiro atoms. The van der Waals surface area contributed by atoms with Gasteiger partial charge in [-0.05, 0) is 56.8 Å². The van der Waals surface area contributed by atoms with Crippen molar-refractivity contribution in [2.45, 2.75) is 22.6 Å². The van der Waals surface area contributed by atoms with E-state index >= 15 is 0 Å². The summed E-state index contributed by atoms with van der Waals surface area (Å²) in [5.41, 5.74) is 2.56.